The van der Waals surface area contributed by atoms with Crippen LogP contribution in [0.4, 0.5) is 0 Å². The molecule has 0 aromatic heterocycles. The van der Waals surface area contributed by atoms with Crippen molar-refractivity contribution < 1.29 is 29.3 Å². The standard InChI is InChI=1S/C20H34O4.C18H22O2/c1-15(13-21-23-19(3,4)5)17-10-9-11-18(12-17)16(2)14-22-24-20(6,7)8;1-17(2,15-11-7-5-8-12-15)19-20-18(3,4)16-13-9-6-10-14-16/h9-12,15-16H,13-14H2,1-8H3;5-14H,1-4H3. The summed E-state index contributed by atoms with van der Waals surface area (Å²) in [4.78, 5) is 32.9. The van der Waals surface area contributed by atoms with Crippen LogP contribution in [0.2, 0.25) is 0 Å². The van der Waals surface area contributed by atoms with Gasteiger partial charge in [-0.15, -0.1) is 0 Å². The van der Waals surface area contributed by atoms with Gasteiger partial charge in [0, 0.05) is 11.8 Å². The molecule has 0 bridgehead atoms. The molecule has 0 heterocycles. The van der Waals surface area contributed by atoms with E-state index in [0.717, 1.165) is 11.1 Å². The highest BCUT2D eigenvalue weighted by molar-refractivity contribution is 5.28. The Labute approximate surface area is 266 Å². The van der Waals surface area contributed by atoms with Gasteiger partial charge in [-0.3, -0.25) is 0 Å². The molecule has 244 valence electrons. The topological polar surface area (TPSA) is 55.4 Å². The van der Waals surface area contributed by atoms with Crippen molar-refractivity contribution in [3.05, 3.63) is 107 Å². The highest BCUT2D eigenvalue weighted by atomic mass is 17.2. The quantitative estimate of drug-likeness (QED) is 0.142. The van der Waals surface area contributed by atoms with E-state index in [9.17, 15) is 0 Å². The van der Waals surface area contributed by atoms with E-state index in [1.54, 1.807) is 0 Å². The summed E-state index contributed by atoms with van der Waals surface area (Å²) in [5, 5.41) is 0. The summed E-state index contributed by atoms with van der Waals surface area (Å²) in [5.41, 5.74) is 3.07. The van der Waals surface area contributed by atoms with Crippen molar-refractivity contribution in [3.8, 4) is 0 Å². The van der Waals surface area contributed by atoms with Crippen LogP contribution < -0.4 is 0 Å². The molecule has 0 aliphatic rings. The molecule has 44 heavy (non-hydrogen) atoms. The second-order valence-electron chi connectivity index (χ2n) is 14.4. The molecule has 0 fully saturated rings. The maximum atomic E-state index is 5.73. The summed E-state index contributed by atoms with van der Waals surface area (Å²) >= 11 is 0. The van der Waals surface area contributed by atoms with Crippen LogP contribution >= 0.6 is 0 Å². The van der Waals surface area contributed by atoms with Gasteiger partial charge in [0.05, 0.1) is 24.4 Å². The molecule has 3 rings (SSSR count). The Morgan fingerprint density at radius 1 is 0.455 bits per heavy atom. The van der Waals surface area contributed by atoms with Crippen molar-refractivity contribution in [1.29, 1.82) is 0 Å². The number of rotatable bonds is 13. The summed E-state index contributed by atoms with van der Waals surface area (Å²) in [6.07, 6.45) is 0. The smallest absolute Gasteiger partial charge is 0.123 e. The van der Waals surface area contributed by atoms with Crippen molar-refractivity contribution >= 4 is 0 Å². The highest BCUT2D eigenvalue weighted by Crippen LogP contribution is 2.31. The Hall–Kier alpha value is -2.58. The van der Waals surface area contributed by atoms with Gasteiger partial charge in [-0.25, -0.2) is 29.3 Å². The van der Waals surface area contributed by atoms with Gasteiger partial charge in [-0.2, -0.15) is 0 Å². The lowest BCUT2D eigenvalue weighted by atomic mass is 9.95. The lowest BCUT2D eigenvalue weighted by molar-refractivity contribution is -0.410. The molecule has 0 radical (unpaired) electrons. The molecule has 3 aromatic carbocycles. The van der Waals surface area contributed by atoms with E-state index in [-0.39, 0.29) is 23.0 Å². The van der Waals surface area contributed by atoms with Crippen LogP contribution in [-0.4, -0.2) is 24.4 Å². The molecule has 0 N–H and O–H groups in total. The van der Waals surface area contributed by atoms with E-state index in [4.69, 9.17) is 29.3 Å². The fourth-order valence-electron chi connectivity index (χ4n) is 3.97. The molecule has 2 atom stereocenters. The van der Waals surface area contributed by atoms with Gasteiger partial charge < -0.3 is 0 Å². The number of benzene rings is 3. The predicted molar refractivity (Wildman–Crippen MR) is 178 cm³/mol. The zero-order valence-corrected chi connectivity index (χ0v) is 29.1. The Balaban J connectivity index is 0.000000311. The Bertz CT molecular complexity index is 1120. The highest BCUT2D eigenvalue weighted by Gasteiger charge is 2.29. The summed E-state index contributed by atoms with van der Waals surface area (Å²) < 4.78 is 0. The van der Waals surface area contributed by atoms with Crippen molar-refractivity contribution in [1.82, 2.24) is 0 Å². The fourth-order valence-corrected chi connectivity index (χ4v) is 3.97. The van der Waals surface area contributed by atoms with E-state index in [1.807, 2.05) is 130 Å². The summed E-state index contributed by atoms with van der Waals surface area (Å²) in [7, 11) is 0. The van der Waals surface area contributed by atoms with Gasteiger partial charge in [-0.05, 0) is 91.5 Å². The van der Waals surface area contributed by atoms with Crippen molar-refractivity contribution in [3.63, 3.8) is 0 Å². The average Bonchev–Trinajstić information content (AvgIpc) is 2.96. The predicted octanol–water partition coefficient (Wildman–Crippen LogP) is 10.2. The Kier molecular flexibility index (Phi) is 14.2. The van der Waals surface area contributed by atoms with Gasteiger partial charge in [-0.1, -0.05) is 98.8 Å². The Morgan fingerprint density at radius 3 is 1.11 bits per heavy atom. The SMILES string of the molecule is CC(C)(OOC(C)(C)c1ccccc1)c1ccccc1.CC(COOC(C)(C)C)c1cccc(C(C)COOC(C)(C)C)c1. The van der Waals surface area contributed by atoms with E-state index >= 15 is 0 Å². The van der Waals surface area contributed by atoms with E-state index in [1.165, 1.54) is 11.1 Å². The van der Waals surface area contributed by atoms with Crippen molar-refractivity contribution in [2.24, 2.45) is 0 Å². The molecule has 3 aromatic rings. The molecule has 0 saturated heterocycles. The first-order valence-electron chi connectivity index (χ1n) is 15.6. The fraction of sp³-hybridized carbons (Fsp3) is 0.526. The molecule has 0 amide bonds. The van der Waals surface area contributed by atoms with Gasteiger partial charge >= 0.3 is 0 Å². The first kappa shape index (κ1) is 37.6. The molecule has 2 unspecified atom stereocenters. The average molecular weight is 609 g/mol. The molecule has 0 aliphatic heterocycles. The largest absolute Gasteiger partial charge is 0.236 e. The molecule has 0 spiro atoms. The maximum Gasteiger partial charge on any atom is 0.123 e. The van der Waals surface area contributed by atoms with Crippen LogP contribution in [0.15, 0.2) is 84.9 Å². The van der Waals surface area contributed by atoms with Crippen LogP contribution in [0.5, 0.6) is 0 Å². The molecule has 0 saturated carbocycles. The number of hydrogen-bond donors (Lipinski definition) is 0. The molecule has 6 heteroatoms. The minimum absolute atomic E-state index is 0.256. The van der Waals surface area contributed by atoms with Gasteiger partial charge in [0.15, 0.2) is 0 Å². The first-order valence-corrected chi connectivity index (χ1v) is 15.6. The normalized spacial score (nSPS) is 14.0. The van der Waals surface area contributed by atoms with Crippen LogP contribution in [0.25, 0.3) is 0 Å². The van der Waals surface area contributed by atoms with Gasteiger partial charge in [0.25, 0.3) is 0 Å². The third kappa shape index (κ3) is 14.0. The van der Waals surface area contributed by atoms with Gasteiger partial charge in [0.1, 0.15) is 11.2 Å². The summed E-state index contributed by atoms with van der Waals surface area (Å²) in [5.74, 6) is 0.512. The van der Waals surface area contributed by atoms with Crippen molar-refractivity contribution in [2.75, 3.05) is 13.2 Å². The van der Waals surface area contributed by atoms with E-state index in [2.05, 4.69) is 38.1 Å². The van der Waals surface area contributed by atoms with Crippen LogP contribution in [0.3, 0.4) is 0 Å². The lowest BCUT2D eigenvalue weighted by Crippen LogP contribution is -2.29. The number of hydrogen-bond acceptors (Lipinski definition) is 6. The maximum absolute atomic E-state index is 5.73. The second-order valence-corrected chi connectivity index (χ2v) is 14.4. The Morgan fingerprint density at radius 2 is 0.795 bits per heavy atom. The van der Waals surface area contributed by atoms with E-state index in [0.29, 0.717) is 13.2 Å². The van der Waals surface area contributed by atoms with Crippen molar-refractivity contribution in [2.45, 2.75) is 117 Å². The molecular weight excluding hydrogens is 552 g/mol. The lowest BCUT2D eigenvalue weighted by Gasteiger charge is -2.31. The van der Waals surface area contributed by atoms with Gasteiger partial charge in [0.2, 0.25) is 0 Å². The zero-order chi connectivity index (χ0) is 33.0. The third-order valence-corrected chi connectivity index (χ3v) is 6.70. The molecule has 6 nitrogen and oxygen atoms in total. The van der Waals surface area contributed by atoms with Crippen LogP contribution in [0, 0.1) is 0 Å². The van der Waals surface area contributed by atoms with Crippen LogP contribution in [-0.2, 0) is 40.5 Å². The van der Waals surface area contributed by atoms with E-state index < -0.39 is 11.2 Å². The summed E-state index contributed by atoms with van der Waals surface area (Å²) in [6.45, 7) is 25.2. The molecular formula is C38H56O6. The minimum atomic E-state index is -0.493. The summed E-state index contributed by atoms with van der Waals surface area (Å²) in [6, 6.07) is 28.7. The second kappa shape index (κ2) is 16.6. The zero-order valence-electron chi connectivity index (χ0n) is 29.1. The molecule has 0 aliphatic carbocycles. The van der Waals surface area contributed by atoms with Crippen LogP contribution in [0.1, 0.15) is 117 Å². The third-order valence-electron chi connectivity index (χ3n) is 6.70. The first-order chi connectivity index (χ1) is 20.4. The minimum Gasteiger partial charge on any atom is -0.236 e. The monoisotopic (exact) mass is 608 g/mol.